The van der Waals surface area contributed by atoms with E-state index in [4.69, 9.17) is 0 Å². The molecule has 1 saturated heterocycles. The van der Waals surface area contributed by atoms with E-state index in [1.54, 1.807) is 0 Å². The molecular weight excluding hydrogens is 212 g/mol. The summed E-state index contributed by atoms with van der Waals surface area (Å²) in [6.07, 6.45) is 2.13. The number of piperazine rings is 1. The number of rotatable bonds is 1. The summed E-state index contributed by atoms with van der Waals surface area (Å²) < 4.78 is 1.90. The average molecular weight is 236 g/mol. The molecule has 0 saturated carbocycles. The van der Waals surface area contributed by atoms with Gasteiger partial charge >= 0.3 is 0 Å². The Hall–Kier alpha value is -1.03. The lowest BCUT2D eigenvalue weighted by molar-refractivity contribution is 0.254. The molecule has 2 heterocycles. The van der Waals surface area contributed by atoms with Crippen molar-refractivity contribution in [3.63, 3.8) is 0 Å². The third kappa shape index (κ3) is 2.63. The molecule has 1 aromatic rings. The van der Waals surface area contributed by atoms with Crippen LogP contribution in [-0.4, -0.2) is 35.5 Å². The summed E-state index contributed by atoms with van der Waals surface area (Å²) in [5, 5.41) is 8.04. The Morgan fingerprint density at radius 1 is 1.41 bits per heavy atom. The SMILES string of the molecule is Cc1nn(C)cc1N1CCNC(C(C)(C)C)C1. The van der Waals surface area contributed by atoms with Gasteiger partial charge in [-0.1, -0.05) is 20.8 Å². The molecule has 96 valence electrons. The molecule has 0 radical (unpaired) electrons. The molecule has 0 aromatic carbocycles. The van der Waals surface area contributed by atoms with Gasteiger partial charge in [-0.25, -0.2) is 0 Å². The minimum Gasteiger partial charge on any atom is -0.366 e. The molecule has 1 unspecified atom stereocenters. The maximum absolute atomic E-state index is 4.43. The molecule has 1 atom stereocenters. The van der Waals surface area contributed by atoms with Gasteiger partial charge in [-0.15, -0.1) is 0 Å². The van der Waals surface area contributed by atoms with Crippen LogP contribution in [0.25, 0.3) is 0 Å². The van der Waals surface area contributed by atoms with E-state index in [0.29, 0.717) is 11.5 Å². The molecule has 1 aliphatic heterocycles. The molecule has 0 amide bonds. The second-order valence-electron chi connectivity index (χ2n) is 6.09. The van der Waals surface area contributed by atoms with E-state index in [1.807, 2.05) is 11.7 Å². The van der Waals surface area contributed by atoms with Crippen molar-refractivity contribution in [2.24, 2.45) is 12.5 Å². The summed E-state index contributed by atoms with van der Waals surface area (Å²) in [6.45, 7) is 12.2. The van der Waals surface area contributed by atoms with E-state index < -0.39 is 0 Å². The van der Waals surface area contributed by atoms with Gasteiger partial charge in [0.25, 0.3) is 0 Å². The van der Waals surface area contributed by atoms with Crippen LogP contribution in [0, 0.1) is 12.3 Å². The number of hydrogen-bond acceptors (Lipinski definition) is 3. The normalized spacial score (nSPS) is 21.9. The van der Waals surface area contributed by atoms with Crippen molar-refractivity contribution in [1.82, 2.24) is 15.1 Å². The van der Waals surface area contributed by atoms with Gasteiger partial charge in [0.15, 0.2) is 0 Å². The maximum atomic E-state index is 4.43. The van der Waals surface area contributed by atoms with Crippen LogP contribution in [0.2, 0.25) is 0 Å². The Morgan fingerprint density at radius 3 is 2.65 bits per heavy atom. The Labute approximate surface area is 104 Å². The lowest BCUT2D eigenvalue weighted by Gasteiger charge is -2.41. The number of hydrogen-bond donors (Lipinski definition) is 1. The van der Waals surface area contributed by atoms with Gasteiger partial charge in [0, 0.05) is 38.9 Å². The topological polar surface area (TPSA) is 33.1 Å². The number of anilines is 1. The van der Waals surface area contributed by atoms with E-state index in [-0.39, 0.29) is 0 Å². The van der Waals surface area contributed by atoms with Gasteiger partial charge in [0.2, 0.25) is 0 Å². The van der Waals surface area contributed by atoms with Crippen molar-refractivity contribution < 1.29 is 0 Å². The third-order valence-corrected chi connectivity index (χ3v) is 3.55. The molecule has 1 fully saturated rings. The quantitative estimate of drug-likeness (QED) is 0.803. The minimum atomic E-state index is 0.300. The van der Waals surface area contributed by atoms with E-state index in [2.05, 4.69) is 49.2 Å². The summed E-state index contributed by atoms with van der Waals surface area (Å²) >= 11 is 0. The van der Waals surface area contributed by atoms with Crippen LogP contribution in [0.4, 0.5) is 5.69 Å². The highest BCUT2D eigenvalue weighted by molar-refractivity contribution is 5.49. The standard InChI is InChI=1S/C13H24N4/c1-10-11(8-16(5)15-10)17-7-6-14-12(9-17)13(2,3)4/h8,12,14H,6-7,9H2,1-5H3. The molecule has 1 aromatic heterocycles. The van der Waals surface area contributed by atoms with Crippen LogP contribution in [0.5, 0.6) is 0 Å². The summed E-state index contributed by atoms with van der Waals surface area (Å²) in [5.74, 6) is 0. The number of nitrogens with one attached hydrogen (secondary N) is 1. The Balaban J connectivity index is 2.15. The molecule has 0 bridgehead atoms. The largest absolute Gasteiger partial charge is 0.366 e. The van der Waals surface area contributed by atoms with Crippen molar-refractivity contribution in [2.75, 3.05) is 24.5 Å². The highest BCUT2D eigenvalue weighted by Gasteiger charge is 2.30. The second kappa shape index (κ2) is 4.33. The first kappa shape index (κ1) is 12.4. The van der Waals surface area contributed by atoms with Gasteiger partial charge in [0.05, 0.1) is 11.4 Å². The monoisotopic (exact) mass is 236 g/mol. The summed E-state index contributed by atoms with van der Waals surface area (Å²) in [6, 6.07) is 0.538. The zero-order valence-corrected chi connectivity index (χ0v) is 11.6. The molecule has 0 aliphatic carbocycles. The fraction of sp³-hybridized carbons (Fsp3) is 0.769. The molecule has 4 nitrogen and oxygen atoms in total. The van der Waals surface area contributed by atoms with Crippen LogP contribution in [-0.2, 0) is 7.05 Å². The molecule has 1 N–H and O–H groups in total. The Morgan fingerprint density at radius 2 is 2.12 bits per heavy atom. The second-order valence-corrected chi connectivity index (χ2v) is 6.09. The first-order valence-corrected chi connectivity index (χ1v) is 6.36. The van der Waals surface area contributed by atoms with Gasteiger partial charge < -0.3 is 10.2 Å². The lowest BCUT2D eigenvalue weighted by Crippen LogP contribution is -2.56. The first-order chi connectivity index (χ1) is 7.88. The third-order valence-electron chi connectivity index (χ3n) is 3.55. The van der Waals surface area contributed by atoms with Crippen molar-refractivity contribution in [3.8, 4) is 0 Å². The molecular formula is C13H24N4. The Kier molecular flexibility index (Phi) is 3.17. The van der Waals surface area contributed by atoms with Crippen molar-refractivity contribution in [1.29, 1.82) is 0 Å². The fourth-order valence-corrected chi connectivity index (χ4v) is 2.45. The molecule has 2 rings (SSSR count). The van der Waals surface area contributed by atoms with Crippen molar-refractivity contribution in [3.05, 3.63) is 11.9 Å². The van der Waals surface area contributed by atoms with Crippen LogP contribution in [0.3, 0.4) is 0 Å². The molecule has 0 spiro atoms. The van der Waals surface area contributed by atoms with Crippen LogP contribution in [0.15, 0.2) is 6.20 Å². The van der Waals surface area contributed by atoms with Gasteiger partial charge in [-0.3, -0.25) is 4.68 Å². The van der Waals surface area contributed by atoms with Gasteiger partial charge in [-0.05, 0) is 12.3 Å². The molecule has 17 heavy (non-hydrogen) atoms. The van der Waals surface area contributed by atoms with Crippen LogP contribution in [0.1, 0.15) is 26.5 Å². The minimum absolute atomic E-state index is 0.300. The Bertz CT molecular complexity index is 389. The lowest BCUT2D eigenvalue weighted by atomic mass is 9.85. The predicted octanol–water partition coefficient (Wildman–Crippen LogP) is 1.55. The van der Waals surface area contributed by atoms with Gasteiger partial charge in [-0.2, -0.15) is 5.10 Å². The molecule has 1 aliphatic rings. The van der Waals surface area contributed by atoms with E-state index in [0.717, 1.165) is 25.3 Å². The molecule has 4 heteroatoms. The highest BCUT2D eigenvalue weighted by Crippen LogP contribution is 2.26. The zero-order chi connectivity index (χ0) is 12.6. The smallest absolute Gasteiger partial charge is 0.0827 e. The maximum Gasteiger partial charge on any atom is 0.0827 e. The summed E-state index contributed by atoms with van der Waals surface area (Å²) in [4.78, 5) is 2.45. The first-order valence-electron chi connectivity index (χ1n) is 6.36. The number of aryl methyl sites for hydroxylation is 2. The average Bonchev–Trinajstić information content (AvgIpc) is 2.57. The van der Waals surface area contributed by atoms with Crippen LogP contribution >= 0.6 is 0 Å². The van der Waals surface area contributed by atoms with E-state index in [1.165, 1.54) is 5.69 Å². The highest BCUT2D eigenvalue weighted by atomic mass is 15.3. The van der Waals surface area contributed by atoms with E-state index in [9.17, 15) is 0 Å². The summed E-state index contributed by atoms with van der Waals surface area (Å²) in [7, 11) is 1.99. The number of aromatic nitrogens is 2. The van der Waals surface area contributed by atoms with Crippen molar-refractivity contribution >= 4 is 5.69 Å². The fourth-order valence-electron chi connectivity index (χ4n) is 2.45. The summed E-state index contributed by atoms with van der Waals surface area (Å²) in [5.41, 5.74) is 2.71. The predicted molar refractivity (Wildman–Crippen MR) is 71.4 cm³/mol. The van der Waals surface area contributed by atoms with E-state index >= 15 is 0 Å². The van der Waals surface area contributed by atoms with Crippen molar-refractivity contribution in [2.45, 2.75) is 33.7 Å². The van der Waals surface area contributed by atoms with Gasteiger partial charge in [0.1, 0.15) is 0 Å². The van der Waals surface area contributed by atoms with Crippen LogP contribution < -0.4 is 10.2 Å². The number of nitrogens with zero attached hydrogens (tertiary/aromatic N) is 3. The zero-order valence-electron chi connectivity index (χ0n) is 11.6.